The van der Waals surface area contributed by atoms with Crippen molar-refractivity contribution in [1.82, 2.24) is 9.80 Å². The van der Waals surface area contributed by atoms with Crippen molar-refractivity contribution in [2.24, 2.45) is 0 Å². The molecule has 2 saturated heterocycles. The number of nitrogens with zero attached hydrogens (tertiary/aromatic N) is 2. The van der Waals surface area contributed by atoms with Gasteiger partial charge >= 0.3 is 0 Å². The molecule has 0 aromatic rings. The number of amides is 2. The molecule has 1 spiro atoms. The van der Waals surface area contributed by atoms with Gasteiger partial charge in [0.05, 0.1) is 0 Å². The van der Waals surface area contributed by atoms with Gasteiger partial charge in [0.2, 0.25) is 11.8 Å². The van der Waals surface area contributed by atoms with E-state index < -0.39 is 0 Å². The predicted octanol–water partition coefficient (Wildman–Crippen LogP) is 3.96. The maximum absolute atomic E-state index is 11.8. The Kier molecular flexibility index (Phi) is 9.47. The maximum Gasteiger partial charge on any atom is 0.224 e. The maximum atomic E-state index is 11.8. The molecule has 0 atom stereocenters. The molecule has 5 nitrogen and oxygen atoms in total. The summed E-state index contributed by atoms with van der Waals surface area (Å²) in [6.07, 6.45) is 9.60. The van der Waals surface area contributed by atoms with E-state index in [9.17, 15) is 9.59 Å². The van der Waals surface area contributed by atoms with Gasteiger partial charge in [-0.2, -0.15) is 0 Å². The third kappa shape index (κ3) is 5.98. The van der Waals surface area contributed by atoms with E-state index >= 15 is 0 Å². The SMILES string of the molecule is CC.CC(C)N1C(=O)CCCC12CCC2.CN1COCCCCC1=O. The van der Waals surface area contributed by atoms with Crippen molar-refractivity contribution in [3.05, 3.63) is 0 Å². The molecule has 0 bridgehead atoms. The Morgan fingerprint density at radius 2 is 1.52 bits per heavy atom. The highest BCUT2D eigenvalue weighted by Gasteiger charge is 2.47. The zero-order valence-corrected chi connectivity index (χ0v) is 17.0. The van der Waals surface area contributed by atoms with Crippen LogP contribution in [0.5, 0.6) is 0 Å². The number of rotatable bonds is 1. The number of ether oxygens (including phenoxy) is 1. The van der Waals surface area contributed by atoms with Gasteiger partial charge in [0.25, 0.3) is 0 Å². The Morgan fingerprint density at radius 3 is 2.04 bits per heavy atom. The van der Waals surface area contributed by atoms with E-state index in [4.69, 9.17) is 4.74 Å². The Hall–Kier alpha value is -1.10. The van der Waals surface area contributed by atoms with Crippen molar-refractivity contribution in [3.63, 3.8) is 0 Å². The summed E-state index contributed by atoms with van der Waals surface area (Å²) in [7, 11) is 1.77. The lowest BCUT2D eigenvalue weighted by molar-refractivity contribution is -0.151. The molecule has 2 aliphatic heterocycles. The number of piperidine rings is 1. The fourth-order valence-corrected chi connectivity index (χ4v) is 3.93. The molecule has 2 amide bonds. The number of hydrogen-bond acceptors (Lipinski definition) is 3. The summed E-state index contributed by atoms with van der Waals surface area (Å²) in [4.78, 5) is 26.6. The molecule has 25 heavy (non-hydrogen) atoms. The van der Waals surface area contributed by atoms with Crippen LogP contribution in [0, 0.1) is 0 Å². The number of carbonyl (C=O) groups excluding carboxylic acids is 2. The second kappa shape index (κ2) is 10.8. The van der Waals surface area contributed by atoms with Crippen molar-refractivity contribution in [2.45, 2.75) is 97.1 Å². The number of hydrogen-bond donors (Lipinski definition) is 0. The Bertz CT molecular complexity index is 419. The first-order valence-corrected chi connectivity index (χ1v) is 10.1. The van der Waals surface area contributed by atoms with Gasteiger partial charge in [-0.3, -0.25) is 9.59 Å². The smallest absolute Gasteiger partial charge is 0.224 e. The van der Waals surface area contributed by atoms with Crippen molar-refractivity contribution in [3.8, 4) is 0 Å². The van der Waals surface area contributed by atoms with Gasteiger partial charge in [-0.05, 0) is 58.8 Å². The van der Waals surface area contributed by atoms with E-state index in [1.807, 2.05) is 13.8 Å². The minimum absolute atomic E-state index is 0.194. The van der Waals surface area contributed by atoms with Crippen LogP contribution in [0.3, 0.4) is 0 Å². The molecule has 0 radical (unpaired) electrons. The monoisotopic (exact) mass is 354 g/mol. The summed E-state index contributed by atoms with van der Waals surface area (Å²) in [6.45, 7) is 9.53. The first-order chi connectivity index (χ1) is 12.0. The normalized spacial score (nSPS) is 23.0. The second-order valence-corrected chi connectivity index (χ2v) is 7.38. The molecular formula is C20H38N2O3. The number of likely N-dealkylation sites (tertiary alicyclic amines) is 1. The van der Waals surface area contributed by atoms with Crippen molar-refractivity contribution in [1.29, 1.82) is 0 Å². The van der Waals surface area contributed by atoms with Crippen LogP contribution in [0.1, 0.15) is 85.5 Å². The van der Waals surface area contributed by atoms with E-state index in [0.717, 1.165) is 32.3 Å². The van der Waals surface area contributed by atoms with E-state index in [1.165, 1.54) is 25.7 Å². The molecule has 146 valence electrons. The van der Waals surface area contributed by atoms with Gasteiger partial charge in [0, 0.05) is 38.1 Å². The first kappa shape index (κ1) is 21.9. The highest BCUT2D eigenvalue weighted by atomic mass is 16.5. The highest BCUT2D eigenvalue weighted by Crippen LogP contribution is 2.45. The molecule has 0 aromatic carbocycles. The lowest BCUT2D eigenvalue weighted by atomic mass is 9.69. The summed E-state index contributed by atoms with van der Waals surface area (Å²) in [6, 6.07) is 0.396. The molecule has 0 unspecified atom stereocenters. The summed E-state index contributed by atoms with van der Waals surface area (Å²) >= 11 is 0. The van der Waals surface area contributed by atoms with E-state index in [2.05, 4.69) is 18.7 Å². The zero-order chi connectivity index (χ0) is 18.9. The van der Waals surface area contributed by atoms with Gasteiger partial charge < -0.3 is 14.5 Å². The topological polar surface area (TPSA) is 49.9 Å². The van der Waals surface area contributed by atoms with Gasteiger partial charge in [0.1, 0.15) is 6.73 Å². The van der Waals surface area contributed by atoms with E-state index in [0.29, 0.717) is 30.6 Å². The molecule has 1 saturated carbocycles. The van der Waals surface area contributed by atoms with Crippen LogP contribution in [0.2, 0.25) is 0 Å². The van der Waals surface area contributed by atoms with Gasteiger partial charge in [0.15, 0.2) is 0 Å². The third-order valence-corrected chi connectivity index (χ3v) is 5.25. The standard InChI is InChI=1S/C11H19NO.C7H13NO2.C2H6/c1-9(2)12-10(13)5-3-6-11(12)7-4-8-11;1-8-6-10-5-3-2-4-7(8)9;1-2/h9H,3-8H2,1-2H3;2-6H2,1H3;1-2H3. The van der Waals surface area contributed by atoms with Gasteiger partial charge in [-0.15, -0.1) is 0 Å². The zero-order valence-electron chi connectivity index (χ0n) is 17.0. The van der Waals surface area contributed by atoms with Crippen molar-refractivity contribution < 1.29 is 14.3 Å². The average Bonchev–Trinajstić information content (AvgIpc) is 2.56. The fraction of sp³-hybridized carbons (Fsp3) is 0.900. The first-order valence-electron chi connectivity index (χ1n) is 10.1. The molecule has 1 aliphatic carbocycles. The molecule has 3 aliphatic rings. The minimum Gasteiger partial charge on any atom is -0.361 e. The number of carbonyl (C=O) groups is 2. The average molecular weight is 355 g/mol. The summed E-state index contributed by atoms with van der Waals surface area (Å²) in [5.41, 5.74) is 0.295. The van der Waals surface area contributed by atoms with E-state index in [-0.39, 0.29) is 5.91 Å². The lowest BCUT2D eigenvalue weighted by Crippen LogP contribution is -2.60. The molecular weight excluding hydrogens is 316 g/mol. The minimum atomic E-state index is 0.194. The van der Waals surface area contributed by atoms with Crippen molar-refractivity contribution in [2.75, 3.05) is 20.4 Å². The van der Waals surface area contributed by atoms with Crippen LogP contribution in [0.15, 0.2) is 0 Å². The third-order valence-electron chi connectivity index (χ3n) is 5.25. The summed E-state index contributed by atoms with van der Waals surface area (Å²) in [5, 5.41) is 0. The molecule has 3 fully saturated rings. The largest absolute Gasteiger partial charge is 0.361 e. The molecule has 5 heteroatoms. The molecule has 0 aromatic heterocycles. The van der Waals surface area contributed by atoms with Gasteiger partial charge in [-0.25, -0.2) is 0 Å². The van der Waals surface area contributed by atoms with Crippen LogP contribution in [0.4, 0.5) is 0 Å². The molecule has 0 N–H and O–H groups in total. The van der Waals surface area contributed by atoms with Crippen LogP contribution in [0.25, 0.3) is 0 Å². The van der Waals surface area contributed by atoms with Gasteiger partial charge in [-0.1, -0.05) is 13.8 Å². The van der Waals surface area contributed by atoms with Crippen LogP contribution in [-0.2, 0) is 14.3 Å². The Balaban J connectivity index is 0.000000235. The lowest BCUT2D eigenvalue weighted by Gasteiger charge is -2.55. The fourth-order valence-electron chi connectivity index (χ4n) is 3.93. The van der Waals surface area contributed by atoms with Crippen LogP contribution >= 0.6 is 0 Å². The highest BCUT2D eigenvalue weighted by molar-refractivity contribution is 5.78. The summed E-state index contributed by atoms with van der Waals surface area (Å²) in [5.74, 6) is 0.584. The molecule has 3 rings (SSSR count). The second-order valence-electron chi connectivity index (χ2n) is 7.38. The van der Waals surface area contributed by atoms with Crippen LogP contribution < -0.4 is 0 Å². The van der Waals surface area contributed by atoms with E-state index in [1.54, 1.807) is 11.9 Å². The Morgan fingerprint density at radius 1 is 0.920 bits per heavy atom. The van der Waals surface area contributed by atoms with Crippen molar-refractivity contribution >= 4 is 11.8 Å². The summed E-state index contributed by atoms with van der Waals surface area (Å²) < 4.78 is 5.16. The predicted molar refractivity (Wildman–Crippen MR) is 101 cm³/mol. The Labute approximate surface area is 154 Å². The quantitative estimate of drug-likeness (QED) is 0.716. The molecule has 2 heterocycles. The van der Waals surface area contributed by atoms with Crippen LogP contribution in [-0.4, -0.2) is 53.6 Å².